The van der Waals surface area contributed by atoms with Gasteiger partial charge in [-0.05, 0) is 17.4 Å². The second-order valence-electron chi connectivity index (χ2n) is 5.91. The fourth-order valence-corrected chi connectivity index (χ4v) is 1.29. The molecule has 108 valence electrons. The van der Waals surface area contributed by atoms with E-state index in [0.29, 0.717) is 13.0 Å². The van der Waals surface area contributed by atoms with E-state index in [9.17, 15) is 4.79 Å². The smallest absolute Gasteiger partial charge is 0.306 e. The summed E-state index contributed by atoms with van der Waals surface area (Å²) in [5.41, 5.74) is 1.22. The van der Waals surface area contributed by atoms with Gasteiger partial charge in [0, 0.05) is 6.42 Å². The van der Waals surface area contributed by atoms with Crippen molar-refractivity contribution in [3.05, 3.63) is 35.9 Å². The minimum Gasteiger partial charge on any atom is -0.461 e. The maximum Gasteiger partial charge on any atom is 0.306 e. The average molecular weight is 264 g/mol. The minimum absolute atomic E-state index is 0.112. The molecule has 0 amide bonds. The Morgan fingerprint density at radius 2 is 1.63 bits per heavy atom. The Balaban J connectivity index is 0.000000982. The lowest BCUT2D eigenvalue weighted by Gasteiger charge is -2.16. The third-order valence-corrected chi connectivity index (χ3v) is 2.32. The maximum atomic E-state index is 11.4. The van der Waals surface area contributed by atoms with Gasteiger partial charge in [-0.15, -0.1) is 0 Å². The highest BCUT2D eigenvalue weighted by atomic mass is 16.5. The highest BCUT2D eigenvalue weighted by Crippen LogP contribution is 2.20. The first-order chi connectivity index (χ1) is 8.89. The largest absolute Gasteiger partial charge is 0.461 e. The lowest BCUT2D eigenvalue weighted by atomic mass is 9.91. The minimum atomic E-state index is -0.112. The van der Waals surface area contributed by atoms with E-state index in [1.165, 1.54) is 6.42 Å². The van der Waals surface area contributed by atoms with E-state index in [1.54, 1.807) is 0 Å². The zero-order chi connectivity index (χ0) is 14.7. The fraction of sp³-hybridized carbons (Fsp3) is 0.588. The van der Waals surface area contributed by atoms with Crippen molar-refractivity contribution in [2.24, 2.45) is 5.41 Å². The van der Waals surface area contributed by atoms with Crippen LogP contribution in [-0.4, -0.2) is 5.97 Å². The molecular weight excluding hydrogens is 236 g/mol. The van der Waals surface area contributed by atoms with Gasteiger partial charge in [-0.3, -0.25) is 4.79 Å². The molecule has 0 saturated heterocycles. The topological polar surface area (TPSA) is 26.3 Å². The molecule has 0 N–H and O–H groups in total. The molecule has 1 rings (SSSR count). The number of benzene rings is 1. The number of ether oxygens (including phenoxy) is 1. The van der Waals surface area contributed by atoms with E-state index < -0.39 is 0 Å². The van der Waals surface area contributed by atoms with Gasteiger partial charge in [-0.1, -0.05) is 71.4 Å². The van der Waals surface area contributed by atoms with Crippen molar-refractivity contribution in [2.75, 3.05) is 0 Å². The van der Waals surface area contributed by atoms with Crippen LogP contribution in [0.25, 0.3) is 0 Å². The van der Waals surface area contributed by atoms with Gasteiger partial charge >= 0.3 is 5.97 Å². The van der Waals surface area contributed by atoms with Gasteiger partial charge in [-0.25, -0.2) is 0 Å². The van der Waals surface area contributed by atoms with Crippen LogP contribution < -0.4 is 0 Å². The van der Waals surface area contributed by atoms with Gasteiger partial charge in [0.25, 0.3) is 0 Å². The summed E-state index contributed by atoms with van der Waals surface area (Å²) in [6.07, 6.45) is 2.61. The molecular formula is C17H28O2. The number of rotatable bonds is 4. The Morgan fingerprint density at radius 1 is 1.11 bits per heavy atom. The van der Waals surface area contributed by atoms with Crippen molar-refractivity contribution in [3.63, 3.8) is 0 Å². The molecule has 2 nitrogen and oxygen atoms in total. The van der Waals surface area contributed by atoms with Gasteiger partial charge in [-0.2, -0.15) is 0 Å². The Labute approximate surface area is 118 Å². The maximum absolute atomic E-state index is 11.4. The Bertz CT molecular complexity index is 336. The van der Waals surface area contributed by atoms with Crippen molar-refractivity contribution in [1.29, 1.82) is 0 Å². The summed E-state index contributed by atoms with van der Waals surface area (Å²) >= 11 is 0. The predicted molar refractivity (Wildman–Crippen MR) is 80.9 cm³/mol. The Morgan fingerprint density at radius 3 is 2.11 bits per heavy atom. The SMILES string of the molecule is CC(C)(C)CCC(=O)OCc1ccccc1.CCC. The molecule has 0 spiro atoms. The predicted octanol–water partition coefficient (Wildman–Crippen LogP) is 4.97. The molecule has 0 unspecified atom stereocenters. The van der Waals surface area contributed by atoms with Crippen LogP contribution >= 0.6 is 0 Å². The monoisotopic (exact) mass is 264 g/mol. The van der Waals surface area contributed by atoms with E-state index in [0.717, 1.165) is 12.0 Å². The number of hydrogen-bond acceptors (Lipinski definition) is 2. The molecule has 1 aromatic rings. The number of hydrogen-bond donors (Lipinski definition) is 0. The summed E-state index contributed by atoms with van der Waals surface area (Å²) in [6.45, 7) is 11.0. The summed E-state index contributed by atoms with van der Waals surface area (Å²) in [7, 11) is 0. The van der Waals surface area contributed by atoms with Gasteiger partial charge in [0.2, 0.25) is 0 Å². The Kier molecular flexibility index (Phi) is 8.94. The van der Waals surface area contributed by atoms with E-state index in [-0.39, 0.29) is 11.4 Å². The van der Waals surface area contributed by atoms with E-state index in [1.807, 2.05) is 30.3 Å². The first-order valence-corrected chi connectivity index (χ1v) is 7.08. The molecule has 0 radical (unpaired) electrons. The molecule has 0 saturated carbocycles. The zero-order valence-electron chi connectivity index (χ0n) is 13.0. The molecule has 0 aliphatic heterocycles. The van der Waals surface area contributed by atoms with Crippen LogP contribution in [0.1, 0.15) is 59.4 Å². The molecule has 0 aliphatic carbocycles. The molecule has 0 atom stereocenters. The molecule has 0 aromatic heterocycles. The summed E-state index contributed by atoms with van der Waals surface area (Å²) in [5.74, 6) is -0.112. The van der Waals surface area contributed by atoms with Crippen LogP contribution in [0.4, 0.5) is 0 Å². The molecule has 0 bridgehead atoms. The molecule has 19 heavy (non-hydrogen) atoms. The van der Waals surface area contributed by atoms with Gasteiger partial charge in [0.1, 0.15) is 6.61 Å². The number of carbonyl (C=O) groups excluding carboxylic acids is 1. The third-order valence-electron chi connectivity index (χ3n) is 2.32. The zero-order valence-corrected chi connectivity index (χ0v) is 13.0. The quantitative estimate of drug-likeness (QED) is 0.717. The van der Waals surface area contributed by atoms with Crippen LogP contribution in [0.15, 0.2) is 30.3 Å². The van der Waals surface area contributed by atoms with Crippen LogP contribution in [0, 0.1) is 5.41 Å². The normalized spacial score (nSPS) is 10.4. The van der Waals surface area contributed by atoms with E-state index in [2.05, 4.69) is 34.6 Å². The summed E-state index contributed by atoms with van der Waals surface area (Å²) < 4.78 is 5.18. The molecule has 2 heteroatoms. The van der Waals surface area contributed by atoms with Crippen LogP contribution in [-0.2, 0) is 16.1 Å². The first kappa shape index (κ1) is 17.7. The lowest BCUT2D eigenvalue weighted by molar-refractivity contribution is -0.145. The third kappa shape index (κ3) is 11.5. The molecule has 0 aliphatic rings. The van der Waals surface area contributed by atoms with Crippen molar-refractivity contribution < 1.29 is 9.53 Å². The highest BCUT2D eigenvalue weighted by Gasteiger charge is 2.13. The van der Waals surface area contributed by atoms with E-state index in [4.69, 9.17) is 4.74 Å². The number of esters is 1. The second kappa shape index (κ2) is 9.60. The highest BCUT2D eigenvalue weighted by molar-refractivity contribution is 5.69. The van der Waals surface area contributed by atoms with Gasteiger partial charge in [0.05, 0.1) is 0 Å². The van der Waals surface area contributed by atoms with Crippen molar-refractivity contribution >= 4 is 5.97 Å². The summed E-state index contributed by atoms with van der Waals surface area (Å²) in [5, 5.41) is 0. The lowest BCUT2D eigenvalue weighted by Crippen LogP contribution is -2.11. The van der Waals surface area contributed by atoms with Crippen molar-refractivity contribution in [2.45, 2.75) is 60.5 Å². The van der Waals surface area contributed by atoms with E-state index >= 15 is 0 Å². The molecule has 0 fully saturated rings. The van der Waals surface area contributed by atoms with Crippen LogP contribution in [0.5, 0.6) is 0 Å². The van der Waals surface area contributed by atoms with Crippen molar-refractivity contribution in [3.8, 4) is 0 Å². The van der Waals surface area contributed by atoms with Crippen LogP contribution in [0.2, 0.25) is 0 Å². The number of carbonyl (C=O) groups is 1. The first-order valence-electron chi connectivity index (χ1n) is 7.08. The summed E-state index contributed by atoms with van der Waals surface area (Å²) in [6, 6.07) is 9.75. The fourth-order valence-electron chi connectivity index (χ4n) is 1.29. The molecule has 1 aromatic carbocycles. The van der Waals surface area contributed by atoms with Gasteiger partial charge in [0.15, 0.2) is 0 Å². The Hall–Kier alpha value is -1.31. The van der Waals surface area contributed by atoms with Crippen LogP contribution in [0.3, 0.4) is 0 Å². The molecule has 0 heterocycles. The second-order valence-corrected chi connectivity index (χ2v) is 5.91. The summed E-state index contributed by atoms with van der Waals surface area (Å²) in [4.78, 5) is 11.4. The van der Waals surface area contributed by atoms with Crippen molar-refractivity contribution in [1.82, 2.24) is 0 Å². The standard InChI is InChI=1S/C14H20O2.C3H8/c1-14(2,3)10-9-13(15)16-11-12-7-5-4-6-8-12;1-3-2/h4-8H,9-11H2,1-3H3;3H2,1-2H3. The average Bonchev–Trinajstić information content (AvgIpc) is 2.35. The van der Waals surface area contributed by atoms with Gasteiger partial charge < -0.3 is 4.74 Å².